The van der Waals surface area contributed by atoms with E-state index < -0.39 is 0 Å². The van der Waals surface area contributed by atoms with Gasteiger partial charge in [-0.05, 0) is 0 Å². The van der Waals surface area contributed by atoms with E-state index in [-0.39, 0.29) is 0 Å². The molecule has 0 aliphatic carbocycles. The summed E-state index contributed by atoms with van der Waals surface area (Å²) >= 11 is 2.78. The fourth-order valence-electron chi connectivity index (χ4n) is 0.393. The first-order chi connectivity index (χ1) is 3.47. The van der Waals surface area contributed by atoms with Crippen molar-refractivity contribution in [2.24, 2.45) is 4.04 Å². The molecule has 0 fully saturated rings. The normalized spacial score (nSPS) is 25.1. The maximum absolute atomic E-state index is 4.04. The van der Waals surface area contributed by atoms with Crippen molar-refractivity contribution in [2.45, 2.75) is 0 Å². The van der Waals surface area contributed by atoms with Gasteiger partial charge < -0.3 is 0 Å². The minimum atomic E-state index is 1.10. The summed E-state index contributed by atoms with van der Waals surface area (Å²) in [4.78, 5) is 0. The van der Waals surface area contributed by atoms with Crippen molar-refractivity contribution >= 4 is 16.9 Å². The van der Waals surface area contributed by atoms with Crippen LogP contribution in [0.25, 0.3) is 0 Å². The number of fused-ring (bicyclic) bond motifs is 1. The van der Waals surface area contributed by atoms with Crippen LogP contribution in [-0.4, -0.2) is 9.12 Å². The van der Waals surface area contributed by atoms with Gasteiger partial charge in [0.2, 0.25) is 0 Å². The monoisotopic (exact) mass is 157 g/mol. The van der Waals surface area contributed by atoms with Gasteiger partial charge in [-0.3, -0.25) is 0 Å². The van der Waals surface area contributed by atoms with Crippen LogP contribution in [0.4, 0.5) is 0 Å². The van der Waals surface area contributed by atoms with Crippen LogP contribution in [0, 0.1) is 0 Å². The van der Waals surface area contributed by atoms with E-state index in [1.807, 2.05) is 11.6 Å². The molecule has 0 unspecified atom stereocenters. The molecule has 0 aromatic rings. The molecule has 4 heteroatoms. The van der Waals surface area contributed by atoms with Crippen LogP contribution in [0.3, 0.4) is 0 Å². The van der Waals surface area contributed by atoms with Gasteiger partial charge >= 0.3 is 51.7 Å². The molecule has 7 heavy (non-hydrogen) atoms. The Hall–Kier alpha value is 0.0665. The maximum atomic E-state index is 4.04. The molecular weight excluding hydrogens is 155 g/mol. The SMILES string of the molecule is C1=C[N]2[Co][N]=C2S1. The molecule has 0 saturated heterocycles. The summed E-state index contributed by atoms with van der Waals surface area (Å²) in [5.41, 5.74) is 0. The molecule has 2 heterocycles. The van der Waals surface area contributed by atoms with E-state index in [9.17, 15) is 0 Å². The molecule has 0 bridgehead atoms. The van der Waals surface area contributed by atoms with Crippen molar-refractivity contribution in [3.05, 3.63) is 11.6 Å². The number of thioether (sulfide) groups is 1. The predicted molar refractivity (Wildman–Crippen MR) is 26.0 cm³/mol. The van der Waals surface area contributed by atoms with Crippen LogP contribution >= 0.6 is 11.8 Å². The fraction of sp³-hybridized carbons (Fsp3) is 0. The molecule has 0 radical (unpaired) electrons. The molecule has 2 rings (SSSR count). The van der Waals surface area contributed by atoms with Crippen LogP contribution in [0.5, 0.6) is 0 Å². The Bertz CT molecular complexity index is 153. The van der Waals surface area contributed by atoms with Gasteiger partial charge in [0.25, 0.3) is 0 Å². The van der Waals surface area contributed by atoms with E-state index in [0.29, 0.717) is 0 Å². The van der Waals surface area contributed by atoms with Crippen LogP contribution < -0.4 is 0 Å². The Labute approximate surface area is 52.1 Å². The molecule has 0 amide bonds. The fourth-order valence-corrected chi connectivity index (χ4v) is 1.99. The third-order valence-electron chi connectivity index (χ3n) is 0.702. The summed E-state index contributed by atoms with van der Waals surface area (Å²) in [5.74, 6) is 0. The average molecular weight is 157 g/mol. The number of nitrogens with zero attached hydrogens (tertiary/aromatic N) is 2. The average Bonchev–Trinajstić information content (AvgIpc) is 1.85. The van der Waals surface area contributed by atoms with Gasteiger partial charge in [-0.25, -0.2) is 0 Å². The van der Waals surface area contributed by atoms with Gasteiger partial charge in [0.05, 0.1) is 0 Å². The third kappa shape index (κ3) is 0.442. The molecule has 0 spiro atoms. The van der Waals surface area contributed by atoms with Crippen molar-refractivity contribution in [3.63, 3.8) is 0 Å². The second-order valence-corrected chi connectivity index (χ2v) is 2.93. The molecule has 2 aliphatic heterocycles. The van der Waals surface area contributed by atoms with E-state index in [0.717, 1.165) is 20.3 Å². The van der Waals surface area contributed by atoms with Gasteiger partial charge in [-0.1, -0.05) is 0 Å². The molecule has 2 nitrogen and oxygen atoms in total. The zero-order chi connectivity index (χ0) is 4.69. The van der Waals surface area contributed by atoms with Gasteiger partial charge in [0.1, 0.15) is 0 Å². The minimum absolute atomic E-state index is 1.10. The first kappa shape index (κ1) is 4.00. The number of amidine groups is 1. The van der Waals surface area contributed by atoms with Crippen LogP contribution in [0.2, 0.25) is 0 Å². The number of hydrogen-bond donors (Lipinski definition) is 0. The summed E-state index contributed by atoms with van der Waals surface area (Å²) in [6, 6.07) is 0. The Kier molecular flexibility index (Phi) is 0.726. The Morgan fingerprint density at radius 3 is 3.14 bits per heavy atom. The van der Waals surface area contributed by atoms with Crippen molar-refractivity contribution in [2.75, 3.05) is 0 Å². The Morgan fingerprint density at radius 2 is 2.86 bits per heavy atom. The van der Waals surface area contributed by atoms with Crippen molar-refractivity contribution in [1.29, 1.82) is 0 Å². The summed E-state index contributed by atoms with van der Waals surface area (Å²) in [5, 5.41) is 3.18. The summed E-state index contributed by atoms with van der Waals surface area (Å²) in [7, 11) is 0. The first-order valence-electron chi connectivity index (χ1n) is 1.78. The molecule has 2 aliphatic rings. The van der Waals surface area contributed by atoms with E-state index in [1.54, 1.807) is 11.8 Å². The Morgan fingerprint density at radius 1 is 1.86 bits per heavy atom. The molecule has 0 N–H and O–H groups in total. The summed E-state index contributed by atoms with van der Waals surface area (Å²) in [6.07, 6.45) is 2.03. The van der Waals surface area contributed by atoms with Crippen molar-refractivity contribution < 1.29 is 15.1 Å². The van der Waals surface area contributed by atoms with Crippen LogP contribution in [-0.2, 0) is 15.1 Å². The van der Waals surface area contributed by atoms with E-state index in [2.05, 4.69) is 7.99 Å². The Balaban J connectivity index is 2.36. The van der Waals surface area contributed by atoms with E-state index >= 15 is 0 Å². The van der Waals surface area contributed by atoms with Crippen molar-refractivity contribution in [1.82, 2.24) is 3.95 Å². The zero-order valence-corrected chi connectivity index (χ0v) is 5.15. The van der Waals surface area contributed by atoms with Crippen LogP contribution in [0.1, 0.15) is 0 Å². The first-order valence-corrected chi connectivity index (χ1v) is 3.59. The second kappa shape index (κ2) is 1.27. The van der Waals surface area contributed by atoms with Crippen LogP contribution in [0.15, 0.2) is 15.6 Å². The topological polar surface area (TPSA) is 15.6 Å². The number of rotatable bonds is 0. The number of hydrogen-bond acceptors (Lipinski definition) is 3. The standard InChI is InChI=1S/C3H2N2S.Co/c4-3-5-1-2-6-3;/h1-2H;/q-2;+2. The van der Waals surface area contributed by atoms with E-state index in [4.69, 9.17) is 0 Å². The molecule has 0 saturated carbocycles. The van der Waals surface area contributed by atoms with Gasteiger partial charge in [0.15, 0.2) is 0 Å². The van der Waals surface area contributed by atoms with E-state index in [1.165, 1.54) is 0 Å². The van der Waals surface area contributed by atoms with Gasteiger partial charge in [-0.2, -0.15) is 0 Å². The summed E-state index contributed by atoms with van der Waals surface area (Å²) in [6.45, 7) is 0. The molecule has 0 aromatic carbocycles. The predicted octanol–water partition coefficient (Wildman–Crippen LogP) is 0.788. The molecule has 0 aromatic heterocycles. The zero-order valence-electron chi connectivity index (χ0n) is 3.29. The quantitative estimate of drug-likeness (QED) is 0.516. The summed E-state index contributed by atoms with van der Waals surface area (Å²) < 4.78 is 6.13. The van der Waals surface area contributed by atoms with Crippen molar-refractivity contribution in [3.8, 4) is 0 Å². The van der Waals surface area contributed by atoms with Gasteiger partial charge in [0, 0.05) is 0 Å². The molecular formula is C3H2CoN2S. The second-order valence-electron chi connectivity index (χ2n) is 1.12. The molecule has 0 atom stereocenters. The third-order valence-corrected chi connectivity index (χ3v) is 2.66. The van der Waals surface area contributed by atoms with Gasteiger partial charge in [-0.15, -0.1) is 0 Å². The molecule has 39 valence electrons.